The van der Waals surface area contributed by atoms with E-state index in [-0.39, 0.29) is 0 Å². The number of anilines is 1. The van der Waals surface area contributed by atoms with Crippen LogP contribution in [0.3, 0.4) is 0 Å². The van der Waals surface area contributed by atoms with Crippen LogP contribution in [-0.4, -0.2) is 35.8 Å². The Balaban J connectivity index is 1.59. The lowest BCUT2D eigenvalue weighted by Gasteiger charge is -2.40. The van der Waals surface area contributed by atoms with E-state index in [1.807, 2.05) is 49.4 Å². The Labute approximate surface area is 198 Å². The van der Waals surface area contributed by atoms with E-state index < -0.39 is 11.4 Å². The van der Waals surface area contributed by atoms with Crippen molar-refractivity contribution in [3.05, 3.63) is 76.9 Å². The third-order valence-electron chi connectivity index (χ3n) is 6.23. The number of ether oxygens (including phenoxy) is 1. The van der Waals surface area contributed by atoms with Gasteiger partial charge in [0.2, 0.25) is 0 Å². The summed E-state index contributed by atoms with van der Waals surface area (Å²) in [6, 6.07) is 18.8. The van der Waals surface area contributed by atoms with Crippen LogP contribution < -0.4 is 9.64 Å². The molecule has 6 nitrogen and oxygen atoms in total. The average molecular weight is 462 g/mol. The van der Waals surface area contributed by atoms with E-state index in [1.165, 1.54) is 0 Å². The average Bonchev–Trinajstić information content (AvgIpc) is 2.84. The Morgan fingerprint density at radius 1 is 1.21 bits per heavy atom. The molecule has 0 bridgehead atoms. The van der Waals surface area contributed by atoms with Crippen molar-refractivity contribution >= 4 is 23.3 Å². The molecule has 7 heteroatoms. The van der Waals surface area contributed by atoms with Crippen molar-refractivity contribution in [3.8, 4) is 23.1 Å². The number of rotatable bonds is 6. The maximum Gasteiger partial charge on any atom is 0.314 e. The molecule has 33 heavy (non-hydrogen) atoms. The van der Waals surface area contributed by atoms with Crippen LogP contribution in [0, 0.1) is 11.3 Å². The zero-order chi connectivity index (χ0) is 23.4. The van der Waals surface area contributed by atoms with Crippen molar-refractivity contribution in [2.75, 3.05) is 24.6 Å². The van der Waals surface area contributed by atoms with Gasteiger partial charge in [-0.3, -0.25) is 9.78 Å². The number of carboxylic acids is 1. The first-order valence-electron chi connectivity index (χ1n) is 10.8. The minimum Gasteiger partial charge on any atom is -0.493 e. The molecule has 2 aromatic carbocycles. The number of aromatic nitrogens is 1. The quantitative estimate of drug-likeness (QED) is 0.536. The zero-order valence-electron chi connectivity index (χ0n) is 18.3. The van der Waals surface area contributed by atoms with Gasteiger partial charge in [0, 0.05) is 29.9 Å². The molecular formula is C26H24ClN3O3. The molecular weight excluding hydrogens is 438 g/mol. The molecule has 1 fully saturated rings. The third-order valence-corrected chi connectivity index (χ3v) is 6.46. The van der Waals surface area contributed by atoms with E-state index in [2.05, 4.69) is 16.0 Å². The molecule has 1 saturated heterocycles. The van der Waals surface area contributed by atoms with Gasteiger partial charge >= 0.3 is 5.97 Å². The van der Waals surface area contributed by atoms with Crippen LogP contribution in [0.4, 0.5) is 5.69 Å². The molecule has 0 aliphatic carbocycles. The molecule has 0 radical (unpaired) electrons. The van der Waals surface area contributed by atoms with Gasteiger partial charge < -0.3 is 14.7 Å². The van der Waals surface area contributed by atoms with Crippen LogP contribution in [-0.2, 0) is 10.2 Å². The fourth-order valence-corrected chi connectivity index (χ4v) is 4.60. The predicted octanol–water partition coefficient (Wildman–Crippen LogP) is 5.30. The molecule has 2 heterocycles. The van der Waals surface area contributed by atoms with Crippen molar-refractivity contribution in [1.82, 2.24) is 4.98 Å². The Hall–Kier alpha value is -3.56. The number of carboxylic acid groups (broad SMARTS) is 1. The summed E-state index contributed by atoms with van der Waals surface area (Å²) in [5.41, 5.74) is 2.54. The van der Waals surface area contributed by atoms with Crippen molar-refractivity contribution in [2.24, 2.45) is 0 Å². The number of hydrogen-bond acceptors (Lipinski definition) is 5. The maximum atomic E-state index is 12.4. The first-order chi connectivity index (χ1) is 16.0. The van der Waals surface area contributed by atoms with Gasteiger partial charge in [-0.2, -0.15) is 5.26 Å². The number of pyridine rings is 1. The van der Waals surface area contributed by atoms with Gasteiger partial charge in [-0.05, 0) is 61.7 Å². The highest BCUT2D eigenvalue weighted by Crippen LogP contribution is 2.39. The monoisotopic (exact) mass is 461 g/mol. The second-order valence-electron chi connectivity index (χ2n) is 8.01. The molecule has 0 amide bonds. The minimum absolute atomic E-state index is 0.409. The van der Waals surface area contributed by atoms with Gasteiger partial charge in [0.15, 0.2) is 0 Å². The Morgan fingerprint density at radius 3 is 2.61 bits per heavy atom. The van der Waals surface area contributed by atoms with E-state index in [9.17, 15) is 15.2 Å². The lowest BCUT2D eigenvalue weighted by atomic mass is 9.73. The number of nitriles is 1. The standard InChI is InChI=1S/C26H24ClN3O3/c1-2-33-24-6-4-3-5-21(24)22-9-7-19(17-29-22)26(25(31)32)11-13-30(14-12-26)23-10-8-20(27)15-18(23)16-28/h3-10,15,17H,2,11-14H2,1H3,(H,31,32). The van der Waals surface area contributed by atoms with Crippen molar-refractivity contribution in [1.29, 1.82) is 5.26 Å². The zero-order valence-corrected chi connectivity index (χ0v) is 19.0. The van der Waals surface area contributed by atoms with Gasteiger partial charge in [-0.1, -0.05) is 29.8 Å². The second kappa shape index (κ2) is 9.51. The number of piperidine rings is 1. The maximum absolute atomic E-state index is 12.4. The molecule has 3 aromatic rings. The summed E-state index contributed by atoms with van der Waals surface area (Å²) in [5.74, 6) is -0.110. The number of halogens is 1. The van der Waals surface area contributed by atoms with Crippen molar-refractivity contribution in [3.63, 3.8) is 0 Å². The van der Waals surface area contributed by atoms with Crippen LogP contribution in [0.15, 0.2) is 60.8 Å². The summed E-state index contributed by atoms with van der Waals surface area (Å²) in [4.78, 5) is 19.1. The van der Waals surface area contributed by atoms with Crippen LogP contribution in [0.1, 0.15) is 30.9 Å². The fraction of sp³-hybridized carbons (Fsp3) is 0.269. The molecule has 1 N–H and O–H groups in total. The van der Waals surface area contributed by atoms with Crippen molar-refractivity contribution in [2.45, 2.75) is 25.2 Å². The number of hydrogen-bond donors (Lipinski definition) is 1. The van der Waals surface area contributed by atoms with Gasteiger partial charge in [-0.15, -0.1) is 0 Å². The normalized spacial score (nSPS) is 15.0. The summed E-state index contributed by atoms with van der Waals surface area (Å²) in [6.45, 7) is 3.50. The van der Waals surface area contributed by atoms with E-state index in [4.69, 9.17) is 16.3 Å². The van der Waals surface area contributed by atoms with E-state index >= 15 is 0 Å². The first-order valence-corrected chi connectivity index (χ1v) is 11.2. The van der Waals surface area contributed by atoms with Crippen LogP contribution in [0.2, 0.25) is 5.02 Å². The largest absolute Gasteiger partial charge is 0.493 e. The number of nitrogens with zero attached hydrogens (tertiary/aromatic N) is 3. The number of carbonyl (C=O) groups is 1. The van der Waals surface area contributed by atoms with E-state index in [0.29, 0.717) is 48.7 Å². The molecule has 168 valence electrons. The minimum atomic E-state index is -1.03. The molecule has 0 spiro atoms. The van der Waals surface area contributed by atoms with Crippen LogP contribution >= 0.6 is 11.6 Å². The second-order valence-corrected chi connectivity index (χ2v) is 8.45. The Bertz CT molecular complexity index is 1200. The summed E-state index contributed by atoms with van der Waals surface area (Å²) < 4.78 is 5.71. The topological polar surface area (TPSA) is 86.5 Å². The molecule has 1 aliphatic heterocycles. The SMILES string of the molecule is CCOc1ccccc1-c1ccc(C2(C(=O)O)CCN(c3ccc(Cl)cc3C#N)CC2)cn1. The highest BCUT2D eigenvalue weighted by molar-refractivity contribution is 6.30. The van der Waals surface area contributed by atoms with Crippen molar-refractivity contribution < 1.29 is 14.6 Å². The lowest BCUT2D eigenvalue weighted by molar-refractivity contribution is -0.144. The third kappa shape index (κ3) is 4.37. The lowest BCUT2D eigenvalue weighted by Crippen LogP contribution is -2.47. The van der Waals surface area contributed by atoms with Gasteiger partial charge in [-0.25, -0.2) is 0 Å². The first kappa shape index (κ1) is 22.6. The summed E-state index contributed by atoms with van der Waals surface area (Å²) in [7, 11) is 0. The molecule has 1 aliphatic rings. The Morgan fingerprint density at radius 2 is 1.97 bits per heavy atom. The molecule has 0 saturated carbocycles. The van der Waals surface area contributed by atoms with Gasteiger partial charge in [0.05, 0.1) is 29.0 Å². The Kier molecular flexibility index (Phi) is 6.52. The number of aliphatic carboxylic acids is 1. The number of para-hydroxylation sites is 1. The molecule has 4 rings (SSSR count). The van der Waals surface area contributed by atoms with Crippen LogP contribution in [0.5, 0.6) is 5.75 Å². The summed E-state index contributed by atoms with van der Waals surface area (Å²) in [5, 5.41) is 20.2. The van der Waals surface area contributed by atoms with Gasteiger partial charge in [0.1, 0.15) is 11.8 Å². The summed E-state index contributed by atoms with van der Waals surface area (Å²) in [6.07, 6.45) is 2.49. The fourth-order valence-electron chi connectivity index (χ4n) is 4.42. The van der Waals surface area contributed by atoms with Gasteiger partial charge in [0.25, 0.3) is 0 Å². The molecule has 0 unspecified atom stereocenters. The highest BCUT2D eigenvalue weighted by Gasteiger charge is 2.43. The highest BCUT2D eigenvalue weighted by atomic mass is 35.5. The van der Waals surface area contributed by atoms with E-state index in [0.717, 1.165) is 22.7 Å². The smallest absolute Gasteiger partial charge is 0.314 e. The predicted molar refractivity (Wildman–Crippen MR) is 128 cm³/mol. The summed E-state index contributed by atoms with van der Waals surface area (Å²) >= 11 is 6.02. The van der Waals surface area contributed by atoms with Crippen LogP contribution in [0.25, 0.3) is 11.3 Å². The molecule has 0 atom stereocenters. The number of benzene rings is 2. The molecule has 1 aromatic heterocycles. The van der Waals surface area contributed by atoms with E-state index in [1.54, 1.807) is 18.3 Å².